The molecule has 2 aliphatic carbocycles. The fraction of sp³-hybridized carbons (Fsp3) is 0.846. The van der Waals surface area contributed by atoms with Crippen LogP contribution in [0.15, 0.2) is 0 Å². The SMILES string of the molecule is CC1(C)CC(=O)[C@@H](Br)[C@@H]2CCC[C@H]2C(=O)C1. The van der Waals surface area contributed by atoms with Crippen molar-refractivity contribution in [3.05, 3.63) is 0 Å². The molecule has 0 amide bonds. The molecule has 0 saturated heterocycles. The predicted octanol–water partition coefficient (Wildman–Crippen LogP) is 3.12. The van der Waals surface area contributed by atoms with Crippen molar-refractivity contribution in [3.63, 3.8) is 0 Å². The molecule has 0 unspecified atom stereocenters. The van der Waals surface area contributed by atoms with Crippen molar-refractivity contribution in [1.29, 1.82) is 0 Å². The van der Waals surface area contributed by atoms with Gasteiger partial charge in [0.15, 0.2) is 0 Å². The Hall–Kier alpha value is -0.180. The fourth-order valence-corrected chi connectivity index (χ4v) is 4.01. The minimum absolute atomic E-state index is 0.0940. The maximum absolute atomic E-state index is 12.2. The van der Waals surface area contributed by atoms with Crippen LogP contribution in [0.25, 0.3) is 0 Å². The monoisotopic (exact) mass is 286 g/mol. The van der Waals surface area contributed by atoms with Gasteiger partial charge in [0.1, 0.15) is 11.6 Å². The first-order chi connectivity index (χ1) is 7.41. The van der Waals surface area contributed by atoms with Crippen molar-refractivity contribution in [2.24, 2.45) is 17.3 Å². The highest BCUT2D eigenvalue weighted by molar-refractivity contribution is 9.10. The van der Waals surface area contributed by atoms with Gasteiger partial charge in [0.25, 0.3) is 0 Å². The summed E-state index contributed by atoms with van der Waals surface area (Å²) >= 11 is 3.52. The predicted molar refractivity (Wildman–Crippen MR) is 66.6 cm³/mol. The van der Waals surface area contributed by atoms with Gasteiger partial charge in [-0.25, -0.2) is 0 Å². The number of fused-ring (bicyclic) bond motifs is 1. The van der Waals surface area contributed by atoms with Gasteiger partial charge < -0.3 is 0 Å². The molecule has 0 N–H and O–H groups in total. The Morgan fingerprint density at radius 2 is 1.75 bits per heavy atom. The molecule has 90 valence electrons. The highest BCUT2D eigenvalue weighted by Crippen LogP contribution is 2.43. The second-order valence-electron chi connectivity index (χ2n) is 6.05. The topological polar surface area (TPSA) is 34.1 Å². The lowest BCUT2D eigenvalue weighted by Gasteiger charge is -2.33. The zero-order valence-electron chi connectivity index (χ0n) is 9.96. The minimum Gasteiger partial charge on any atom is -0.299 e. The average molecular weight is 287 g/mol. The Balaban J connectivity index is 2.27. The Bertz CT molecular complexity index is 322. The first kappa shape index (κ1) is 12.3. The summed E-state index contributed by atoms with van der Waals surface area (Å²) in [6.07, 6.45) is 4.20. The van der Waals surface area contributed by atoms with Gasteiger partial charge >= 0.3 is 0 Å². The maximum Gasteiger partial charge on any atom is 0.147 e. The van der Waals surface area contributed by atoms with E-state index in [2.05, 4.69) is 15.9 Å². The van der Waals surface area contributed by atoms with Crippen molar-refractivity contribution in [3.8, 4) is 0 Å². The van der Waals surface area contributed by atoms with E-state index >= 15 is 0 Å². The summed E-state index contributed by atoms with van der Waals surface area (Å²) in [5, 5.41) is 0. The zero-order chi connectivity index (χ0) is 11.9. The van der Waals surface area contributed by atoms with Crippen LogP contribution in [0.2, 0.25) is 0 Å². The fourth-order valence-electron chi connectivity index (χ4n) is 3.21. The molecule has 2 nitrogen and oxygen atoms in total. The quantitative estimate of drug-likeness (QED) is 0.641. The van der Waals surface area contributed by atoms with E-state index in [9.17, 15) is 9.59 Å². The number of alkyl halides is 1. The Labute approximate surface area is 105 Å². The van der Waals surface area contributed by atoms with E-state index in [0.717, 1.165) is 19.3 Å². The summed E-state index contributed by atoms with van der Waals surface area (Å²) in [7, 11) is 0. The molecule has 16 heavy (non-hydrogen) atoms. The van der Waals surface area contributed by atoms with Gasteiger partial charge in [0.05, 0.1) is 4.83 Å². The van der Waals surface area contributed by atoms with Gasteiger partial charge in [-0.05, 0) is 24.2 Å². The molecule has 0 aromatic carbocycles. The second kappa shape index (κ2) is 4.25. The lowest BCUT2D eigenvalue weighted by Crippen LogP contribution is -2.38. The molecule has 2 saturated carbocycles. The number of ketones is 2. The smallest absolute Gasteiger partial charge is 0.147 e. The number of rotatable bonds is 0. The molecule has 2 fully saturated rings. The van der Waals surface area contributed by atoms with E-state index in [1.54, 1.807) is 0 Å². The molecule has 0 aliphatic heterocycles. The molecular weight excluding hydrogens is 268 g/mol. The standard InChI is InChI=1S/C13H19BrO2/c1-13(2)6-10(15)8-4-3-5-9(8)12(14)11(16)7-13/h8-9,12H,3-7H2,1-2H3/t8-,9-,12+/m1/s1. The van der Waals surface area contributed by atoms with Crippen LogP contribution in [0.4, 0.5) is 0 Å². The van der Waals surface area contributed by atoms with Crippen LogP contribution in [0.3, 0.4) is 0 Å². The van der Waals surface area contributed by atoms with Crippen LogP contribution in [-0.4, -0.2) is 16.4 Å². The normalized spacial score (nSPS) is 39.1. The van der Waals surface area contributed by atoms with E-state index < -0.39 is 0 Å². The third-order valence-corrected chi connectivity index (χ3v) is 5.16. The van der Waals surface area contributed by atoms with Crippen molar-refractivity contribution in [2.75, 3.05) is 0 Å². The van der Waals surface area contributed by atoms with Crippen molar-refractivity contribution >= 4 is 27.5 Å². The Morgan fingerprint density at radius 1 is 1.12 bits per heavy atom. The number of carbonyl (C=O) groups is 2. The number of Topliss-reactive ketones (excluding diaryl/α,β-unsaturated/α-hetero) is 2. The first-order valence-electron chi connectivity index (χ1n) is 6.10. The van der Waals surface area contributed by atoms with E-state index in [1.807, 2.05) is 13.8 Å². The summed E-state index contributed by atoms with van der Waals surface area (Å²) in [4.78, 5) is 24.2. The van der Waals surface area contributed by atoms with Crippen LogP contribution in [-0.2, 0) is 9.59 Å². The lowest BCUT2D eigenvalue weighted by molar-refractivity contribution is -0.130. The van der Waals surface area contributed by atoms with Crippen LogP contribution in [0, 0.1) is 17.3 Å². The van der Waals surface area contributed by atoms with E-state index in [4.69, 9.17) is 0 Å². The number of carbonyl (C=O) groups excluding carboxylic acids is 2. The van der Waals surface area contributed by atoms with Gasteiger partial charge in [-0.3, -0.25) is 9.59 Å². The minimum atomic E-state index is -0.159. The van der Waals surface area contributed by atoms with Crippen LogP contribution in [0.5, 0.6) is 0 Å². The third kappa shape index (κ3) is 2.24. The lowest BCUT2D eigenvalue weighted by atomic mass is 9.73. The molecular formula is C13H19BrO2. The molecule has 0 spiro atoms. The van der Waals surface area contributed by atoms with Gasteiger partial charge in [-0.15, -0.1) is 0 Å². The maximum atomic E-state index is 12.2. The third-order valence-electron chi connectivity index (χ3n) is 3.97. The van der Waals surface area contributed by atoms with E-state index in [0.29, 0.717) is 18.6 Å². The zero-order valence-corrected chi connectivity index (χ0v) is 11.5. The van der Waals surface area contributed by atoms with Gasteiger partial charge in [-0.1, -0.05) is 36.2 Å². The molecule has 3 atom stereocenters. The molecule has 2 aliphatic rings. The molecule has 0 aromatic heterocycles. The van der Waals surface area contributed by atoms with Crippen LogP contribution >= 0.6 is 15.9 Å². The summed E-state index contributed by atoms with van der Waals surface area (Å²) < 4.78 is 0. The summed E-state index contributed by atoms with van der Waals surface area (Å²) in [5.74, 6) is 1.06. The highest BCUT2D eigenvalue weighted by atomic mass is 79.9. The van der Waals surface area contributed by atoms with Crippen LogP contribution in [0.1, 0.15) is 46.0 Å². The van der Waals surface area contributed by atoms with Crippen LogP contribution < -0.4 is 0 Å². The van der Waals surface area contributed by atoms with Crippen molar-refractivity contribution in [1.82, 2.24) is 0 Å². The largest absolute Gasteiger partial charge is 0.299 e. The van der Waals surface area contributed by atoms with Gasteiger partial charge in [0, 0.05) is 18.8 Å². The second-order valence-corrected chi connectivity index (χ2v) is 7.04. The average Bonchev–Trinajstić information content (AvgIpc) is 2.61. The number of hydrogen-bond acceptors (Lipinski definition) is 2. The summed E-state index contributed by atoms with van der Waals surface area (Å²) in [5.41, 5.74) is -0.159. The van der Waals surface area contributed by atoms with Gasteiger partial charge in [0.2, 0.25) is 0 Å². The summed E-state index contributed by atoms with van der Waals surface area (Å²) in [6, 6.07) is 0. The molecule has 3 heteroatoms. The van der Waals surface area contributed by atoms with E-state index in [-0.39, 0.29) is 27.9 Å². The summed E-state index contributed by atoms with van der Waals surface area (Å²) in [6.45, 7) is 4.05. The Kier molecular flexibility index (Phi) is 3.26. The highest BCUT2D eigenvalue weighted by Gasteiger charge is 2.44. The Morgan fingerprint density at radius 3 is 2.44 bits per heavy atom. The molecule has 0 heterocycles. The van der Waals surface area contributed by atoms with Crippen molar-refractivity contribution < 1.29 is 9.59 Å². The molecule has 2 rings (SSSR count). The molecule has 0 aromatic rings. The number of halogens is 1. The first-order valence-corrected chi connectivity index (χ1v) is 7.02. The van der Waals surface area contributed by atoms with Crippen molar-refractivity contribution in [2.45, 2.75) is 50.8 Å². The molecule has 0 bridgehead atoms. The van der Waals surface area contributed by atoms with E-state index in [1.165, 1.54) is 0 Å². The van der Waals surface area contributed by atoms with Gasteiger partial charge in [-0.2, -0.15) is 0 Å². The number of hydrogen-bond donors (Lipinski definition) is 0. The molecule has 0 radical (unpaired) electrons.